The molecule has 2 saturated carbocycles. The molecule has 2 heteroatoms. The van der Waals surface area contributed by atoms with E-state index in [2.05, 4.69) is 50.5 Å². The van der Waals surface area contributed by atoms with Crippen molar-refractivity contribution >= 4 is 21.7 Å². The van der Waals surface area contributed by atoms with Crippen LogP contribution in [-0.4, -0.2) is 10.6 Å². The summed E-state index contributed by atoms with van der Waals surface area (Å²) in [6.45, 7) is 11.2. The second-order valence-corrected chi connectivity index (χ2v) is 8.01. The molecule has 0 spiro atoms. The van der Waals surface area contributed by atoms with Gasteiger partial charge in [0.2, 0.25) is 0 Å². The lowest BCUT2D eigenvalue weighted by Gasteiger charge is -2.33. The number of rotatable bonds is 0. The van der Waals surface area contributed by atoms with Crippen molar-refractivity contribution < 1.29 is 4.79 Å². The normalized spacial score (nSPS) is 46.9. The molecule has 0 aromatic heterocycles. The zero-order valence-electron chi connectivity index (χ0n) is 10.4. The van der Waals surface area contributed by atoms with Crippen molar-refractivity contribution in [1.82, 2.24) is 0 Å². The Hall–Kier alpha value is 0.150. The van der Waals surface area contributed by atoms with Crippen LogP contribution in [0.25, 0.3) is 0 Å². The van der Waals surface area contributed by atoms with Gasteiger partial charge in [0.05, 0.1) is 0 Å². The number of fused-ring (bicyclic) bond motifs is 1. The van der Waals surface area contributed by atoms with E-state index in [9.17, 15) is 4.79 Å². The smallest absolute Gasteiger partial charge is 0.139 e. The first kappa shape index (κ1) is 11.6. The van der Waals surface area contributed by atoms with E-state index in [1.165, 1.54) is 0 Å². The first-order valence-electron chi connectivity index (χ1n) is 5.79. The minimum Gasteiger partial charge on any atom is -0.299 e. The van der Waals surface area contributed by atoms with E-state index in [1.54, 1.807) is 0 Å². The highest BCUT2D eigenvalue weighted by Gasteiger charge is 2.65. The highest BCUT2D eigenvalue weighted by Crippen LogP contribution is 2.67. The van der Waals surface area contributed by atoms with Crippen molar-refractivity contribution in [2.75, 3.05) is 0 Å². The Balaban J connectivity index is 2.46. The number of hydrogen-bond acceptors (Lipinski definition) is 1. The van der Waals surface area contributed by atoms with Crippen LogP contribution in [0.1, 0.15) is 47.5 Å². The van der Waals surface area contributed by atoms with Gasteiger partial charge in [0.25, 0.3) is 0 Å². The Kier molecular flexibility index (Phi) is 2.23. The lowest BCUT2D eigenvalue weighted by Crippen LogP contribution is -2.35. The molecule has 0 radical (unpaired) electrons. The molecule has 0 N–H and O–H groups in total. The van der Waals surface area contributed by atoms with Gasteiger partial charge in [0.1, 0.15) is 5.78 Å². The molecular formula is C13H21BrO. The molecular weight excluding hydrogens is 252 g/mol. The van der Waals surface area contributed by atoms with Crippen molar-refractivity contribution in [3.63, 3.8) is 0 Å². The molecule has 86 valence electrons. The molecule has 0 aromatic carbocycles. The Morgan fingerprint density at radius 2 is 1.73 bits per heavy atom. The third kappa shape index (κ3) is 1.36. The van der Waals surface area contributed by atoms with Gasteiger partial charge in [-0.25, -0.2) is 0 Å². The predicted octanol–water partition coefficient (Wildman–Crippen LogP) is 3.80. The zero-order chi connectivity index (χ0) is 11.6. The molecule has 2 rings (SSSR count). The molecule has 2 aliphatic carbocycles. The zero-order valence-corrected chi connectivity index (χ0v) is 11.9. The van der Waals surface area contributed by atoms with Crippen molar-refractivity contribution in [1.29, 1.82) is 0 Å². The molecule has 2 fully saturated rings. The van der Waals surface area contributed by atoms with E-state index in [1.807, 2.05) is 0 Å². The van der Waals surface area contributed by atoms with E-state index in [4.69, 9.17) is 0 Å². The van der Waals surface area contributed by atoms with Crippen LogP contribution in [-0.2, 0) is 4.79 Å². The topological polar surface area (TPSA) is 17.1 Å². The lowest BCUT2D eigenvalue weighted by molar-refractivity contribution is -0.125. The molecule has 1 nitrogen and oxygen atoms in total. The molecule has 3 atom stereocenters. The standard InChI is InChI=1S/C13H21BrO/c1-11(2)7-13(5)6-8(15)12(3,4)9(13)10(11)14/h9-10H,6-7H2,1-5H3/t9-,10+,13-/m1/s1. The van der Waals surface area contributed by atoms with Gasteiger partial charge in [-0.2, -0.15) is 0 Å². The molecule has 0 bridgehead atoms. The van der Waals surface area contributed by atoms with Crippen LogP contribution in [0.5, 0.6) is 0 Å². The van der Waals surface area contributed by atoms with Gasteiger partial charge in [0, 0.05) is 16.7 Å². The van der Waals surface area contributed by atoms with Gasteiger partial charge < -0.3 is 0 Å². The monoisotopic (exact) mass is 272 g/mol. The Morgan fingerprint density at radius 1 is 1.20 bits per heavy atom. The summed E-state index contributed by atoms with van der Waals surface area (Å²) in [4.78, 5) is 12.5. The molecule has 0 saturated heterocycles. The van der Waals surface area contributed by atoms with Gasteiger partial charge in [-0.15, -0.1) is 0 Å². The second-order valence-electron chi connectivity index (χ2n) is 7.02. The summed E-state index contributed by atoms with van der Waals surface area (Å²) in [7, 11) is 0. The first-order chi connectivity index (χ1) is 6.61. The number of carbonyl (C=O) groups is 1. The number of halogens is 1. The number of hydrogen-bond donors (Lipinski definition) is 0. The third-order valence-electron chi connectivity index (χ3n) is 4.71. The average Bonchev–Trinajstić information content (AvgIpc) is 2.26. The molecule has 0 unspecified atom stereocenters. The molecule has 0 aromatic rings. The fourth-order valence-electron chi connectivity index (χ4n) is 4.23. The minimum atomic E-state index is -0.142. The second kappa shape index (κ2) is 2.88. The van der Waals surface area contributed by atoms with Gasteiger partial charge in [-0.05, 0) is 23.2 Å². The molecule has 0 heterocycles. The number of ketones is 1. The van der Waals surface area contributed by atoms with Crippen molar-refractivity contribution in [3.05, 3.63) is 0 Å². The highest BCUT2D eigenvalue weighted by molar-refractivity contribution is 9.09. The number of Topliss-reactive ketones (excluding diaryl/α,β-unsaturated/α-hetero) is 1. The fraction of sp³-hybridized carbons (Fsp3) is 0.923. The largest absolute Gasteiger partial charge is 0.299 e. The van der Waals surface area contributed by atoms with E-state index in [0.717, 1.165) is 12.8 Å². The maximum atomic E-state index is 12.1. The average molecular weight is 273 g/mol. The Bertz CT molecular complexity index is 318. The lowest BCUT2D eigenvalue weighted by atomic mass is 9.73. The molecule has 0 amide bonds. The van der Waals surface area contributed by atoms with Crippen LogP contribution in [0.3, 0.4) is 0 Å². The summed E-state index contributed by atoms with van der Waals surface area (Å²) >= 11 is 3.85. The number of alkyl halides is 1. The summed E-state index contributed by atoms with van der Waals surface area (Å²) in [5, 5.41) is 0. The SMILES string of the molecule is CC1(C)C[C@@]2(C)CC(=O)C(C)(C)[C@H]2[C@@H]1Br. The maximum absolute atomic E-state index is 12.1. The quantitative estimate of drug-likeness (QED) is 0.613. The summed E-state index contributed by atoms with van der Waals surface area (Å²) < 4.78 is 0. The summed E-state index contributed by atoms with van der Waals surface area (Å²) in [6.07, 6.45) is 1.94. The molecule has 15 heavy (non-hydrogen) atoms. The van der Waals surface area contributed by atoms with Crippen molar-refractivity contribution in [2.45, 2.75) is 52.3 Å². The molecule has 2 aliphatic rings. The first-order valence-corrected chi connectivity index (χ1v) is 6.70. The molecule has 0 aliphatic heterocycles. The third-order valence-corrected chi connectivity index (χ3v) is 6.48. The van der Waals surface area contributed by atoms with Crippen molar-refractivity contribution in [2.24, 2.45) is 22.2 Å². The van der Waals surface area contributed by atoms with Crippen LogP contribution < -0.4 is 0 Å². The minimum absolute atomic E-state index is 0.142. The predicted molar refractivity (Wildman–Crippen MR) is 66.1 cm³/mol. The Labute approximate surface area is 101 Å². The van der Waals surface area contributed by atoms with Crippen molar-refractivity contribution in [3.8, 4) is 0 Å². The fourth-order valence-corrected chi connectivity index (χ4v) is 5.69. The van der Waals surface area contributed by atoms with Crippen LogP contribution in [0.4, 0.5) is 0 Å². The Morgan fingerprint density at radius 3 is 2.20 bits per heavy atom. The van der Waals surface area contributed by atoms with Crippen LogP contribution in [0, 0.1) is 22.2 Å². The van der Waals surface area contributed by atoms with Crippen LogP contribution in [0.15, 0.2) is 0 Å². The summed E-state index contributed by atoms with van der Waals surface area (Å²) in [5.74, 6) is 0.947. The van der Waals surface area contributed by atoms with Gasteiger partial charge >= 0.3 is 0 Å². The summed E-state index contributed by atoms with van der Waals surface area (Å²) in [6, 6.07) is 0. The van der Waals surface area contributed by atoms with Crippen LogP contribution >= 0.6 is 15.9 Å². The van der Waals surface area contributed by atoms with Gasteiger partial charge in [-0.1, -0.05) is 50.5 Å². The highest BCUT2D eigenvalue weighted by atomic mass is 79.9. The summed E-state index contributed by atoms with van der Waals surface area (Å²) in [5.41, 5.74) is 0.395. The maximum Gasteiger partial charge on any atom is 0.139 e. The van der Waals surface area contributed by atoms with E-state index in [0.29, 0.717) is 21.9 Å². The van der Waals surface area contributed by atoms with E-state index >= 15 is 0 Å². The number of carbonyl (C=O) groups excluding carboxylic acids is 1. The van der Waals surface area contributed by atoms with E-state index in [-0.39, 0.29) is 10.8 Å². The van der Waals surface area contributed by atoms with E-state index < -0.39 is 0 Å². The van der Waals surface area contributed by atoms with Gasteiger partial charge in [0.15, 0.2) is 0 Å². The van der Waals surface area contributed by atoms with Gasteiger partial charge in [-0.3, -0.25) is 4.79 Å². The van der Waals surface area contributed by atoms with Crippen LogP contribution in [0.2, 0.25) is 0 Å².